The predicted octanol–water partition coefficient (Wildman–Crippen LogP) is 4.03. The van der Waals surface area contributed by atoms with Crippen molar-refractivity contribution in [3.05, 3.63) is 40.2 Å². The van der Waals surface area contributed by atoms with Gasteiger partial charge in [-0.2, -0.15) is 0 Å². The number of carbonyl (C=O) groups excluding carboxylic acids is 1. The number of hydrogen-bond donors (Lipinski definition) is 2. The molecule has 1 aromatic carbocycles. The summed E-state index contributed by atoms with van der Waals surface area (Å²) >= 11 is 0. The first kappa shape index (κ1) is 27.5. The number of rotatable bonds is 4. The second-order valence-corrected chi connectivity index (χ2v) is 12.3. The molecule has 2 fully saturated rings. The molecule has 1 aliphatic heterocycles. The molecule has 2 aliphatic carbocycles. The molecule has 5 rings (SSSR count). The first-order chi connectivity index (χ1) is 18.2. The molecule has 1 aromatic heterocycles. The highest BCUT2D eigenvalue weighted by atomic mass is 16.6. The molecule has 0 bridgehead atoms. The van der Waals surface area contributed by atoms with Gasteiger partial charge < -0.3 is 33.6 Å². The highest BCUT2D eigenvalue weighted by Gasteiger charge is 2.78. The van der Waals surface area contributed by atoms with Crippen molar-refractivity contribution in [2.24, 2.45) is 10.8 Å². The van der Waals surface area contributed by atoms with Crippen LogP contribution in [0.1, 0.15) is 65.9 Å². The lowest BCUT2D eigenvalue weighted by Gasteiger charge is -2.71. The molecule has 212 valence electrons. The Morgan fingerprint density at radius 1 is 0.974 bits per heavy atom. The van der Waals surface area contributed by atoms with Gasteiger partial charge in [-0.15, -0.1) is 0 Å². The molecule has 5 atom stereocenters. The summed E-state index contributed by atoms with van der Waals surface area (Å²) in [5.41, 5.74) is -6.14. The van der Waals surface area contributed by atoms with E-state index in [-0.39, 0.29) is 17.7 Å². The number of esters is 1. The van der Waals surface area contributed by atoms with Gasteiger partial charge in [-0.05, 0) is 56.2 Å². The second kappa shape index (κ2) is 8.73. The molecule has 2 aromatic rings. The Kier molecular flexibility index (Phi) is 6.16. The number of ether oxygens (including phenoxy) is 4. The fourth-order valence-corrected chi connectivity index (χ4v) is 7.60. The highest BCUT2D eigenvalue weighted by molar-refractivity contribution is 5.66. The van der Waals surface area contributed by atoms with Gasteiger partial charge in [0.25, 0.3) is 0 Å². The van der Waals surface area contributed by atoms with Gasteiger partial charge >= 0.3 is 11.6 Å². The van der Waals surface area contributed by atoms with Crippen molar-refractivity contribution in [1.82, 2.24) is 0 Å². The van der Waals surface area contributed by atoms with Gasteiger partial charge in [-0.1, -0.05) is 20.8 Å². The van der Waals surface area contributed by atoms with Crippen LogP contribution in [0.3, 0.4) is 0 Å². The molecule has 3 aliphatic rings. The van der Waals surface area contributed by atoms with Gasteiger partial charge in [0.2, 0.25) is 0 Å². The number of methoxy groups -OCH3 is 2. The molecule has 9 heteroatoms. The molecule has 9 nitrogen and oxygen atoms in total. The number of carbonyl (C=O) groups is 1. The number of benzene rings is 1. The van der Waals surface area contributed by atoms with Crippen molar-refractivity contribution in [3.8, 4) is 28.6 Å². The van der Waals surface area contributed by atoms with Crippen LogP contribution in [0, 0.1) is 10.8 Å². The minimum absolute atomic E-state index is 0.125. The Bertz CT molecular complexity index is 1380. The van der Waals surface area contributed by atoms with E-state index in [1.165, 1.54) is 21.1 Å². The van der Waals surface area contributed by atoms with Crippen molar-refractivity contribution in [2.75, 3.05) is 14.2 Å². The monoisotopic (exact) mass is 542 g/mol. The van der Waals surface area contributed by atoms with Crippen LogP contribution in [-0.4, -0.2) is 53.3 Å². The molecule has 0 amide bonds. The summed E-state index contributed by atoms with van der Waals surface area (Å²) < 4.78 is 28.8. The molecule has 2 N–H and O–H groups in total. The SMILES string of the molecule is COc1ccc(-c2cc3c(c(=O)o2)C[C@]2(O)[C@@]4(C)[C@H](OC(C)=O)CCC(C)(C)[C@]4(O)CC[C@@]2(C)O3)cc1OC. The largest absolute Gasteiger partial charge is 0.493 e. The van der Waals surface area contributed by atoms with Gasteiger partial charge in [0.1, 0.15) is 28.8 Å². The lowest BCUT2D eigenvalue weighted by molar-refractivity contribution is -0.352. The van der Waals surface area contributed by atoms with Crippen LogP contribution in [0.5, 0.6) is 17.2 Å². The third kappa shape index (κ3) is 3.58. The topological polar surface area (TPSA) is 125 Å². The van der Waals surface area contributed by atoms with Crippen molar-refractivity contribution >= 4 is 5.97 Å². The predicted molar refractivity (Wildman–Crippen MR) is 142 cm³/mol. The van der Waals surface area contributed by atoms with Crippen LogP contribution in [0.25, 0.3) is 11.3 Å². The summed E-state index contributed by atoms with van der Waals surface area (Å²) in [6.07, 6.45) is 0.825. The Balaban J connectivity index is 1.65. The number of fused-ring (bicyclic) bond motifs is 4. The third-order valence-corrected chi connectivity index (χ3v) is 10.1. The van der Waals surface area contributed by atoms with Gasteiger partial charge in [0.15, 0.2) is 11.5 Å². The van der Waals surface area contributed by atoms with Crippen LogP contribution >= 0.6 is 0 Å². The second-order valence-electron chi connectivity index (χ2n) is 12.3. The van der Waals surface area contributed by atoms with E-state index in [4.69, 9.17) is 23.4 Å². The van der Waals surface area contributed by atoms with Gasteiger partial charge in [-0.3, -0.25) is 4.79 Å². The molecule has 2 saturated carbocycles. The molecule has 0 saturated heterocycles. The van der Waals surface area contributed by atoms with Crippen LogP contribution in [0.15, 0.2) is 33.5 Å². The minimum atomic E-state index is -1.75. The van der Waals surface area contributed by atoms with E-state index in [0.717, 1.165) is 0 Å². The van der Waals surface area contributed by atoms with E-state index >= 15 is 0 Å². The summed E-state index contributed by atoms with van der Waals surface area (Å²) in [7, 11) is 3.06. The van der Waals surface area contributed by atoms with Crippen LogP contribution < -0.4 is 19.8 Å². The fourth-order valence-electron chi connectivity index (χ4n) is 7.60. The molecular weight excluding hydrogens is 504 g/mol. The van der Waals surface area contributed by atoms with Crippen molar-refractivity contribution < 1.29 is 38.4 Å². The Labute approximate surface area is 228 Å². The smallest absolute Gasteiger partial charge is 0.343 e. The van der Waals surface area contributed by atoms with Crippen molar-refractivity contribution in [2.45, 2.75) is 89.6 Å². The summed E-state index contributed by atoms with van der Waals surface area (Å²) in [4.78, 5) is 25.6. The first-order valence-electron chi connectivity index (χ1n) is 13.4. The Morgan fingerprint density at radius 2 is 1.67 bits per heavy atom. The third-order valence-electron chi connectivity index (χ3n) is 10.1. The van der Waals surface area contributed by atoms with E-state index in [1.54, 1.807) is 38.1 Å². The molecule has 2 heterocycles. The fraction of sp³-hybridized carbons (Fsp3) is 0.600. The van der Waals surface area contributed by atoms with Crippen molar-refractivity contribution in [1.29, 1.82) is 0 Å². The summed E-state index contributed by atoms with van der Waals surface area (Å²) in [6.45, 7) is 8.85. The van der Waals surface area contributed by atoms with Gasteiger partial charge in [-0.25, -0.2) is 4.79 Å². The first-order valence-corrected chi connectivity index (χ1v) is 13.4. The van der Waals surface area contributed by atoms with E-state index in [2.05, 4.69) is 0 Å². The summed E-state index contributed by atoms with van der Waals surface area (Å²) in [5.74, 6) is 1.13. The quantitative estimate of drug-likeness (QED) is 0.551. The maximum atomic E-state index is 13.4. The van der Waals surface area contributed by atoms with E-state index in [0.29, 0.717) is 48.5 Å². The lowest BCUT2D eigenvalue weighted by Crippen LogP contribution is -2.83. The molecular formula is C30H38O9. The normalized spacial score (nSPS) is 34.5. The maximum absolute atomic E-state index is 13.4. The lowest BCUT2D eigenvalue weighted by atomic mass is 9.39. The highest BCUT2D eigenvalue weighted by Crippen LogP contribution is 2.68. The molecule has 0 unspecified atom stereocenters. The van der Waals surface area contributed by atoms with E-state index in [1.807, 2.05) is 13.8 Å². The Hall–Kier alpha value is -3.04. The molecule has 0 radical (unpaired) electrons. The standard InChI is InChI=1S/C30H38O9/c1-17(31)37-24-10-11-26(2,3)29(33)13-12-27(4)30(34,28(24,29)5)16-19-22(39-27)15-21(38-25(19)32)18-8-9-20(35-6)23(14-18)36-7/h8-9,14-15,24,33-34H,10-13,16H2,1-7H3/t24-,27-,28+,29-,30-/m1/s1. The zero-order valence-electron chi connectivity index (χ0n) is 23.7. The molecule has 39 heavy (non-hydrogen) atoms. The zero-order valence-corrected chi connectivity index (χ0v) is 23.7. The van der Waals surface area contributed by atoms with Crippen LogP contribution in [-0.2, 0) is 16.0 Å². The number of aliphatic hydroxyl groups is 2. The van der Waals surface area contributed by atoms with E-state index in [9.17, 15) is 19.8 Å². The van der Waals surface area contributed by atoms with Gasteiger partial charge in [0, 0.05) is 25.0 Å². The van der Waals surface area contributed by atoms with Crippen molar-refractivity contribution in [3.63, 3.8) is 0 Å². The Morgan fingerprint density at radius 3 is 2.31 bits per heavy atom. The molecule has 0 spiro atoms. The minimum Gasteiger partial charge on any atom is -0.493 e. The number of hydrogen-bond acceptors (Lipinski definition) is 9. The average molecular weight is 543 g/mol. The zero-order chi connectivity index (χ0) is 28.6. The van der Waals surface area contributed by atoms with Crippen LogP contribution in [0.2, 0.25) is 0 Å². The average Bonchev–Trinajstić information content (AvgIpc) is 2.88. The summed E-state index contributed by atoms with van der Waals surface area (Å²) in [5, 5.41) is 25.0. The van der Waals surface area contributed by atoms with Crippen LogP contribution in [0.4, 0.5) is 0 Å². The maximum Gasteiger partial charge on any atom is 0.343 e. The summed E-state index contributed by atoms with van der Waals surface area (Å²) in [6, 6.07) is 6.83. The van der Waals surface area contributed by atoms with Gasteiger partial charge in [0.05, 0.1) is 30.8 Å². The van der Waals surface area contributed by atoms with E-state index < -0.39 is 45.3 Å².